The molecule has 27 heavy (non-hydrogen) atoms. The third kappa shape index (κ3) is 6.94. The number of nitrogens with one attached hydrogen (secondary N) is 2. The number of halogens is 2. The molecule has 1 atom stereocenters. The Hall–Kier alpha value is -1.37. The summed E-state index contributed by atoms with van der Waals surface area (Å²) in [5.74, 6) is 0.475. The molecule has 1 saturated heterocycles. The highest BCUT2D eigenvalue weighted by Gasteiger charge is 2.27. The molecule has 5 nitrogen and oxygen atoms in total. The van der Waals surface area contributed by atoms with Crippen LogP contribution in [0.15, 0.2) is 23.2 Å². The smallest absolute Gasteiger partial charge is 0.191 e. The largest absolute Gasteiger partial charge is 0.382 e. The van der Waals surface area contributed by atoms with Crippen LogP contribution in [-0.2, 0) is 4.74 Å². The van der Waals surface area contributed by atoms with Crippen molar-refractivity contribution in [3.05, 3.63) is 34.6 Å². The van der Waals surface area contributed by atoms with Crippen molar-refractivity contribution in [3.63, 3.8) is 0 Å². The number of aliphatic imine (C=N–C) groups is 1. The summed E-state index contributed by atoms with van der Waals surface area (Å²) in [5.41, 5.74) is 0.570. The SMILES string of the molecule is CCOCCCCNC(=NC)NCC(c1c(F)cccc1Cl)N1CCCC1. The standard InChI is InChI=1S/C20H32ClFN4O/c1-3-27-14-7-4-11-24-20(23-2)25-15-18(26-12-5-6-13-26)19-16(21)9-8-10-17(19)22/h8-10,18H,3-7,11-15H2,1-2H3,(H2,23,24,25). The Kier molecular flexibility index (Phi) is 9.87. The zero-order chi connectivity index (χ0) is 19.5. The van der Waals surface area contributed by atoms with Gasteiger partial charge in [0.15, 0.2) is 5.96 Å². The molecule has 1 aromatic rings. The van der Waals surface area contributed by atoms with Crippen molar-refractivity contribution in [2.45, 2.75) is 38.6 Å². The Morgan fingerprint density at radius 2 is 2.07 bits per heavy atom. The zero-order valence-electron chi connectivity index (χ0n) is 16.4. The number of unbranched alkanes of at least 4 members (excludes halogenated alkanes) is 1. The minimum atomic E-state index is -0.250. The molecule has 0 aliphatic carbocycles. The highest BCUT2D eigenvalue weighted by Crippen LogP contribution is 2.31. The first kappa shape index (κ1) is 21.9. The average molecular weight is 399 g/mol. The van der Waals surface area contributed by atoms with Gasteiger partial charge in [-0.3, -0.25) is 9.89 Å². The molecule has 0 amide bonds. The van der Waals surface area contributed by atoms with Crippen molar-refractivity contribution in [3.8, 4) is 0 Å². The highest BCUT2D eigenvalue weighted by molar-refractivity contribution is 6.31. The highest BCUT2D eigenvalue weighted by atomic mass is 35.5. The number of benzene rings is 1. The van der Waals surface area contributed by atoms with E-state index in [2.05, 4.69) is 20.5 Å². The lowest BCUT2D eigenvalue weighted by Crippen LogP contribution is -2.43. The van der Waals surface area contributed by atoms with Crippen LogP contribution in [0.4, 0.5) is 4.39 Å². The van der Waals surface area contributed by atoms with Crippen molar-refractivity contribution in [1.29, 1.82) is 0 Å². The Morgan fingerprint density at radius 1 is 1.30 bits per heavy atom. The van der Waals surface area contributed by atoms with E-state index >= 15 is 0 Å². The molecule has 0 saturated carbocycles. The van der Waals surface area contributed by atoms with E-state index in [1.807, 2.05) is 6.92 Å². The lowest BCUT2D eigenvalue weighted by atomic mass is 10.0. The molecule has 152 valence electrons. The fourth-order valence-corrected chi connectivity index (χ4v) is 3.68. The average Bonchev–Trinajstić information content (AvgIpc) is 3.19. The van der Waals surface area contributed by atoms with E-state index in [1.165, 1.54) is 6.07 Å². The second-order valence-corrected chi connectivity index (χ2v) is 7.09. The summed E-state index contributed by atoms with van der Waals surface area (Å²) < 4.78 is 19.9. The van der Waals surface area contributed by atoms with E-state index in [0.717, 1.165) is 64.5 Å². The summed E-state index contributed by atoms with van der Waals surface area (Å²) in [7, 11) is 1.75. The van der Waals surface area contributed by atoms with Gasteiger partial charge in [-0.05, 0) is 57.8 Å². The van der Waals surface area contributed by atoms with Crippen LogP contribution in [-0.4, -0.2) is 57.3 Å². The molecule has 0 spiro atoms. The summed E-state index contributed by atoms with van der Waals surface area (Å²) in [4.78, 5) is 6.58. The molecule has 1 unspecified atom stereocenters. The van der Waals surface area contributed by atoms with Crippen LogP contribution in [0, 0.1) is 5.82 Å². The van der Waals surface area contributed by atoms with Crippen LogP contribution in [0.2, 0.25) is 5.02 Å². The van der Waals surface area contributed by atoms with E-state index in [0.29, 0.717) is 17.1 Å². The molecule has 7 heteroatoms. The fourth-order valence-electron chi connectivity index (χ4n) is 3.39. The van der Waals surface area contributed by atoms with Crippen LogP contribution >= 0.6 is 11.6 Å². The topological polar surface area (TPSA) is 48.9 Å². The van der Waals surface area contributed by atoms with Crippen molar-refractivity contribution in [2.75, 3.05) is 46.4 Å². The van der Waals surface area contributed by atoms with Crippen LogP contribution in [0.5, 0.6) is 0 Å². The van der Waals surface area contributed by atoms with Crippen LogP contribution in [0.1, 0.15) is 44.2 Å². The van der Waals surface area contributed by atoms with Gasteiger partial charge in [-0.25, -0.2) is 4.39 Å². The van der Waals surface area contributed by atoms with Crippen LogP contribution in [0.25, 0.3) is 0 Å². The molecule has 1 aromatic carbocycles. The maximum Gasteiger partial charge on any atom is 0.191 e. The van der Waals surface area contributed by atoms with Crippen molar-refractivity contribution < 1.29 is 9.13 Å². The van der Waals surface area contributed by atoms with Gasteiger partial charge >= 0.3 is 0 Å². The molecule has 0 radical (unpaired) electrons. The Morgan fingerprint density at radius 3 is 2.74 bits per heavy atom. The van der Waals surface area contributed by atoms with Gasteiger partial charge in [0.2, 0.25) is 0 Å². The van der Waals surface area contributed by atoms with E-state index in [1.54, 1.807) is 19.2 Å². The van der Waals surface area contributed by atoms with Gasteiger partial charge in [-0.15, -0.1) is 0 Å². The van der Waals surface area contributed by atoms with Gasteiger partial charge < -0.3 is 15.4 Å². The molecule has 2 N–H and O–H groups in total. The summed E-state index contributed by atoms with van der Waals surface area (Å²) >= 11 is 6.34. The predicted molar refractivity (Wildman–Crippen MR) is 110 cm³/mol. The Labute approximate surface area is 167 Å². The molecule has 1 aliphatic heterocycles. The number of guanidine groups is 1. The zero-order valence-corrected chi connectivity index (χ0v) is 17.2. The molecule has 0 aromatic heterocycles. The minimum Gasteiger partial charge on any atom is -0.382 e. The maximum atomic E-state index is 14.5. The number of rotatable bonds is 10. The lowest BCUT2D eigenvalue weighted by Gasteiger charge is -2.29. The quantitative estimate of drug-likeness (QED) is 0.359. The second kappa shape index (κ2) is 12.2. The normalized spacial score (nSPS) is 16.5. The number of ether oxygens (including phenoxy) is 1. The number of nitrogens with zero attached hydrogens (tertiary/aromatic N) is 2. The number of hydrogen-bond donors (Lipinski definition) is 2. The van der Waals surface area contributed by atoms with E-state index in [4.69, 9.17) is 16.3 Å². The van der Waals surface area contributed by atoms with Crippen LogP contribution in [0.3, 0.4) is 0 Å². The minimum absolute atomic E-state index is 0.113. The Balaban J connectivity index is 1.93. The van der Waals surface area contributed by atoms with Crippen molar-refractivity contribution in [1.82, 2.24) is 15.5 Å². The molecular formula is C20H32ClFN4O. The van der Waals surface area contributed by atoms with Gasteiger partial charge in [0.1, 0.15) is 5.82 Å². The van der Waals surface area contributed by atoms with E-state index in [9.17, 15) is 4.39 Å². The third-order valence-electron chi connectivity index (χ3n) is 4.81. The first-order chi connectivity index (χ1) is 13.2. The van der Waals surface area contributed by atoms with Gasteiger partial charge in [-0.2, -0.15) is 0 Å². The summed E-state index contributed by atoms with van der Waals surface area (Å²) in [6.45, 7) is 6.84. The van der Waals surface area contributed by atoms with E-state index in [-0.39, 0.29) is 11.9 Å². The maximum absolute atomic E-state index is 14.5. The first-order valence-corrected chi connectivity index (χ1v) is 10.2. The number of likely N-dealkylation sites (tertiary alicyclic amines) is 1. The monoisotopic (exact) mass is 398 g/mol. The van der Waals surface area contributed by atoms with Gasteiger partial charge in [0, 0.05) is 43.9 Å². The van der Waals surface area contributed by atoms with Crippen molar-refractivity contribution in [2.24, 2.45) is 4.99 Å². The molecule has 1 fully saturated rings. The predicted octanol–water partition coefficient (Wildman–Crippen LogP) is 3.60. The second-order valence-electron chi connectivity index (χ2n) is 6.68. The summed E-state index contributed by atoms with van der Waals surface area (Å²) in [6.07, 6.45) is 4.29. The van der Waals surface area contributed by atoms with Gasteiger partial charge in [0.25, 0.3) is 0 Å². The molecule has 1 heterocycles. The lowest BCUT2D eigenvalue weighted by molar-refractivity contribution is 0.143. The molecular weight excluding hydrogens is 367 g/mol. The fraction of sp³-hybridized carbons (Fsp3) is 0.650. The van der Waals surface area contributed by atoms with Crippen LogP contribution < -0.4 is 10.6 Å². The third-order valence-corrected chi connectivity index (χ3v) is 5.14. The Bertz CT molecular complexity index is 573. The first-order valence-electron chi connectivity index (χ1n) is 9.87. The molecule has 2 rings (SSSR count). The van der Waals surface area contributed by atoms with E-state index < -0.39 is 0 Å². The summed E-state index contributed by atoms with van der Waals surface area (Å²) in [5, 5.41) is 7.13. The molecule has 1 aliphatic rings. The number of hydrogen-bond acceptors (Lipinski definition) is 3. The van der Waals surface area contributed by atoms with Gasteiger partial charge in [0.05, 0.1) is 6.04 Å². The molecule has 0 bridgehead atoms. The van der Waals surface area contributed by atoms with Crippen molar-refractivity contribution >= 4 is 17.6 Å². The van der Waals surface area contributed by atoms with Gasteiger partial charge in [-0.1, -0.05) is 17.7 Å². The summed E-state index contributed by atoms with van der Waals surface area (Å²) in [6, 6.07) is 4.78.